The highest BCUT2D eigenvalue weighted by molar-refractivity contribution is 5.79. The van der Waals surface area contributed by atoms with E-state index in [2.05, 4.69) is 59.5 Å². The van der Waals surface area contributed by atoms with Gasteiger partial charge in [-0.2, -0.15) is 0 Å². The number of fused-ring (bicyclic) bond motifs is 1. The summed E-state index contributed by atoms with van der Waals surface area (Å²) in [6.07, 6.45) is 8.14. The summed E-state index contributed by atoms with van der Waals surface area (Å²) in [4.78, 5) is 36.4. The van der Waals surface area contributed by atoms with E-state index in [0.717, 1.165) is 19.5 Å². The molecule has 0 bridgehead atoms. The van der Waals surface area contributed by atoms with E-state index in [1.54, 1.807) is 0 Å². The second kappa shape index (κ2) is 15.5. The van der Waals surface area contributed by atoms with Gasteiger partial charge in [-0.15, -0.1) is 0 Å². The summed E-state index contributed by atoms with van der Waals surface area (Å²) < 4.78 is 0. The Morgan fingerprint density at radius 1 is 1.08 bits per heavy atom. The molecule has 2 fully saturated rings. The van der Waals surface area contributed by atoms with Gasteiger partial charge in [0.15, 0.2) is 0 Å². The number of benzene rings is 1. The standard InChI is InChI=1S/C26H38N4O3.C2H6.CH2O/c1-3-4-5-6-22-16-28(18-25(31)29-13-11-21(12-14-29)26(32)33)17-23-15-24(27-30(22)23)20-9-7-19(2)8-10-20;2*1-2/h7-10,15,21-22,24,27H,3-6,11-14,16-18H2,1-2H3,(H,32,33);1-2H3;1H2. The second-order valence-electron chi connectivity index (χ2n) is 9.86. The molecular formula is C29H46N4O4. The van der Waals surface area contributed by atoms with Gasteiger partial charge in [-0.3, -0.25) is 14.5 Å². The van der Waals surface area contributed by atoms with Crippen LogP contribution in [0.15, 0.2) is 36.0 Å². The van der Waals surface area contributed by atoms with E-state index >= 15 is 0 Å². The van der Waals surface area contributed by atoms with Crippen LogP contribution >= 0.6 is 0 Å². The summed E-state index contributed by atoms with van der Waals surface area (Å²) in [7, 11) is 0. The van der Waals surface area contributed by atoms with Crippen LogP contribution in [-0.2, 0) is 14.4 Å². The van der Waals surface area contributed by atoms with Crippen molar-refractivity contribution in [2.45, 2.75) is 78.3 Å². The Bertz CT molecular complexity index is 880. The number of hydrazine groups is 1. The number of piperidine rings is 1. The van der Waals surface area contributed by atoms with Gasteiger partial charge in [0.25, 0.3) is 0 Å². The molecule has 0 aliphatic carbocycles. The highest BCUT2D eigenvalue weighted by Gasteiger charge is 2.36. The molecule has 2 N–H and O–H groups in total. The molecule has 1 aromatic carbocycles. The van der Waals surface area contributed by atoms with Crippen molar-refractivity contribution in [3.8, 4) is 0 Å². The lowest BCUT2D eigenvalue weighted by Gasteiger charge is -2.42. The SMILES string of the molecule is C=O.CC.CCCCCC1CN(CC(=O)N2CCC(C(=O)O)CC2)CC2=CC(c3ccc(C)cc3)NN21. The van der Waals surface area contributed by atoms with Gasteiger partial charge in [0.05, 0.1) is 24.5 Å². The molecule has 2 unspecified atom stereocenters. The van der Waals surface area contributed by atoms with E-state index in [9.17, 15) is 14.7 Å². The molecule has 0 saturated carbocycles. The highest BCUT2D eigenvalue weighted by atomic mass is 16.4. The minimum atomic E-state index is -0.739. The maximum absolute atomic E-state index is 13.0. The summed E-state index contributed by atoms with van der Waals surface area (Å²) in [5.74, 6) is -0.924. The number of nitrogens with one attached hydrogen (secondary N) is 1. The zero-order chi connectivity index (χ0) is 27.4. The molecule has 206 valence electrons. The first-order valence-electron chi connectivity index (χ1n) is 13.8. The number of carboxylic acids is 1. The summed E-state index contributed by atoms with van der Waals surface area (Å²) in [6.45, 7) is 13.5. The van der Waals surface area contributed by atoms with Crippen molar-refractivity contribution in [2.24, 2.45) is 5.92 Å². The number of unbranched alkanes of at least 4 members (excludes halogenated alkanes) is 2. The van der Waals surface area contributed by atoms with Crippen molar-refractivity contribution in [1.29, 1.82) is 0 Å². The molecule has 37 heavy (non-hydrogen) atoms. The van der Waals surface area contributed by atoms with E-state index < -0.39 is 5.97 Å². The average Bonchev–Trinajstić information content (AvgIpc) is 3.36. The molecule has 1 aromatic rings. The number of carboxylic acid groups (broad SMARTS) is 1. The zero-order valence-electron chi connectivity index (χ0n) is 23.1. The Kier molecular flexibility index (Phi) is 12.8. The maximum atomic E-state index is 13.0. The number of piperazine rings is 1. The fraction of sp³-hybridized carbons (Fsp3) is 0.621. The lowest BCUT2D eigenvalue weighted by molar-refractivity contribution is -0.146. The number of aryl methyl sites for hydroxylation is 1. The molecule has 3 aliphatic heterocycles. The van der Waals surface area contributed by atoms with Crippen LogP contribution in [0.25, 0.3) is 0 Å². The third kappa shape index (κ3) is 8.40. The van der Waals surface area contributed by atoms with E-state index in [4.69, 9.17) is 4.79 Å². The molecule has 3 heterocycles. The third-order valence-corrected chi connectivity index (χ3v) is 7.30. The summed E-state index contributed by atoms with van der Waals surface area (Å²) in [5, 5.41) is 11.6. The zero-order valence-corrected chi connectivity index (χ0v) is 23.1. The van der Waals surface area contributed by atoms with Crippen LogP contribution in [0.5, 0.6) is 0 Å². The first-order valence-corrected chi connectivity index (χ1v) is 13.8. The molecule has 2 saturated heterocycles. The highest BCUT2D eigenvalue weighted by Crippen LogP contribution is 2.31. The number of aliphatic carboxylic acids is 1. The Morgan fingerprint density at radius 2 is 1.73 bits per heavy atom. The average molecular weight is 515 g/mol. The maximum Gasteiger partial charge on any atom is 0.306 e. The van der Waals surface area contributed by atoms with Crippen LogP contribution in [0.3, 0.4) is 0 Å². The predicted octanol–water partition coefficient (Wildman–Crippen LogP) is 4.17. The van der Waals surface area contributed by atoms with Crippen molar-refractivity contribution in [3.63, 3.8) is 0 Å². The molecule has 2 atom stereocenters. The molecule has 3 aliphatic rings. The minimum absolute atomic E-state index is 0.126. The van der Waals surface area contributed by atoms with Crippen LogP contribution in [-0.4, -0.2) is 77.3 Å². The van der Waals surface area contributed by atoms with Crippen molar-refractivity contribution >= 4 is 18.7 Å². The molecule has 8 nitrogen and oxygen atoms in total. The van der Waals surface area contributed by atoms with E-state index in [0.29, 0.717) is 38.5 Å². The first-order chi connectivity index (χ1) is 17.9. The smallest absolute Gasteiger partial charge is 0.306 e. The summed E-state index contributed by atoms with van der Waals surface area (Å²) in [5.41, 5.74) is 7.50. The Balaban J connectivity index is 0.00000115. The minimum Gasteiger partial charge on any atom is -0.481 e. The molecular weight excluding hydrogens is 468 g/mol. The van der Waals surface area contributed by atoms with Crippen LogP contribution in [0, 0.1) is 12.8 Å². The number of carbonyl (C=O) groups is 3. The van der Waals surface area contributed by atoms with Crippen LogP contribution in [0.4, 0.5) is 0 Å². The lowest BCUT2D eigenvalue weighted by atomic mass is 9.97. The number of hydrogen-bond acceptors (Lipinski definition) is 6. The quantitative estimate of drug-likeness (QED) is 0.503. The normalized spacial score (nSPS) is 21.7. The lowest BCUT2D eigenvalue weighted by Crippen LogP contribution is -2.56. The van der Waals surface area contributed by atoms with Crippen molar-refractivity contribution < 1.29 is 19.5 Å². The fourth-order valence-corrected chi connectivity index (χ4v) is 5.27. The second-order valence-corrected chi connectivity index (χ2v) is 9.86. The van der Waals surface area contributed by atoms with E-state index in [-0.39, 0.29) is 17.9 Å². The van der Waals surface area contributed by atoms with Crippen LogP contribution < -0.4 is 5.43 Å². The number of carbonyl (C=O) groups excluding carboxylic acids is 2. The van der Waals surface area contributed by atoms with Gasteiger partial charge in [-0.05, 0) is 37.8 Å². The van der Waals surface area contributed by atoms with Gasteiger partial charge < -0.3 is 19.8 Å². The fourth-order valence-electron chi connectivity index (χ4n) is 5.27. The monoisotopic (exact) mass is 514 g/mol. The van der Waals surface area contributed by atoms with Gasteiger partial charge >= 0.3 is 5.97 Å². The molecule has 8 heteroatoms. The van der Waals surface area contributed by atoms with Gasteiger partial charge in [0.2, 0.25) is 5.91 Å². The van der Waals surface area contributed by atoms with Gasteiger partial charge in [0, 0.05) is 31.9 Å². The molecule has 0 aromatic heterocycles. The Morgan fingerprint density at radius 3 is 2.32 bits per heavy atom. The largest absolute Gasteiger partial charge is 0.481 e. The molecule has 1 amide bonds. The summed E-state index contributed by atoms with van der Waals surface area (Å²) >= 11 is 0. The van der Waals surface area contributed by atoms with Crippen LogP contribution in [0.2, 0.25) is 0 Å². The molecule has 0 spiro atoms. The Hall–Kier alpha value is -2.71. The predicted molar refractivity (Wildman–Crippen MR) is 147 cm³/mol. The first kappa shape index (κ1) is 30.5. The van der Waals surface area contributed by atoms with Crippen LogP contribution in [0.1, 0.15) is 76.5 Å². The number of likely N-dealkylation sites (tertiary alicyclic amines) is 1. The van der Waals surface area contributed by atoms with Gasteiger partial charge in [-0.25, -0.2) is 5.43 Å². The number of amides is 1. The van der Waals surface area contributed by atoms with Crippen molar-refractivity contribution in [3.05, 3.63) is 47.2 Å². The topological polar surface area (TPSA) is 93.2 Å². The van der Waals surface area contributed by atoms with E-state index in [1.165, 1.54) is 36.1 Å². The number of hydrogen-bond donors (Lipinski definition) is 2. The number of rotatable bonds is 8. The molecule has 4 rings (SSSR count). The Labute approximate surface area is 222 Å². The molecule has 0 radical (unpaired) electrons. The van der Waals surface area contributed by atoms with Crippen molar-refractivity contribution in [1.82, 2.24) is 20.2 Å². The van der Waals surface area contributed by atoms with Gasteiger partial charge in [0.1, 0.15) is 6.79 Å². The third-order valence-electron chi connectivity index (χ3n) is 7.30. The summed E-state index contributed by atoms with van der Waals surface area (Å²) in [6, 6.07) is 9.21. The number of nitrogens with zero attached hydrogens (tertiary/aromatic N) is 3. The van der Waals surface area contributed by atoms with E-state index in [1.807, 2.05) is 25.5 Å². The van der Waals surface area contributed by atoms with Crippen molar-refractivity contribution in [2.75, 3.05) is 32.7 Å². The van der Waals surface area contributed by atoms with Gasteiger partial charge in [-0.1, -0.05) is 69.9 Å².